The number of aryl methyl sites for hydroxylation is 2. The molecule has 3 rings (SSSR count). The molecule has 1 amide bonds. The third-order valence-electron chi connectivity index (χ3n) is 3.17. The van der Waals surface area contributed by atoms with Gasteiger partial charge in [-0.3, -0.25) is 4.79 Å². The highest BCUT2D eigenvalue weighted by Crippen LogP contribution is 2.27. The second-order valence-electron chi connectivity index (χ2n) is 5.07. The summed E-state index contributed by atoms with van der Waals surface area (Å²) in [7, 11) is 0. The number of aromatic nitrogens is 1. The van der Waals surface area contributed by atoms with Gasteiger partial charge in [-0.1, -0.05) is 17.7 Å². The molecule has 1 N–H and O–H groups in total. The van der Waals surface area contributed by atoms with E-state index < -0.39 is 0 Å². The van der Waals surface area contributed by atoms with Crippen LogP contribution in [0.5, 0.6) is 0 Å². The van der Waals surface area contributed by atoms with E-state index in [9.17, 15) is 4.79 Å². The number of hydrogen-bond donors (Lipinski definition) is 1. The molecule has 22 heavy (non-hydrogen) atoms. The van der Waals surface area contributed by atoms with E-state index >= 15 is 0 Å². The molecule has 0 aliphatic heterocycles. The number of anilines is 1. The second-order valence-corrected chi connectivity index (χ2v) is 7.35. The van der Waals surface area contributed by atoms with Crippen molar-refractivity contribution in [3.63, 3.8) is 0 Å². The summed E-state index contributed by atoms with van der Waals surface area (Å²) < 4.78 is 1.19. The Hall–Kier alpha value is -1.85. The third-order valence-corrected chi connectivity index (χ3v) is 5.12. The van der Waals surface area contributed by atoms with Crippen LogP contribution in [0.1, 0.15) is 10.6 Å². The summed E-state index contributed by atoms with van der Waals surface area (Å²) in [6.07, 6.45) is 0. The van der Waals surface area contributed by atoms with E-state index in [-0.39, 0.29) is 5.91 Å². The molecule has 0 saturated heterocycles. The summed E-state index contributed by atoms with van der Waals surface area (Å²) in [6, 6.07) is 14.0. The van der Waals surface area contributed by atoms with Gasteiger partial charge < -0.3 is 5.32 Å². The van der Waals surface area contributed by atoms with Gasteiger partial charge in [-0.05, 0) is 44.2 Å². The van der Waals surface area contributed by atoms with Gasteiger partial charge in [0.1, 0.15) is 0 Å². The van der Waals surface area contributed by atoms with Crippen molar-refractivity contribution < 1.29 is 4.79 Å². The normalized spacial score (nSPS) is 10.8. The van der Waals surface area contributed by atoms with Gasteiger partial charge in [-0.2, -0.15) is 0 Å². The molecule has 0 aliphatic rings. The molecule has 0 atom stereocenters. The van der Waals surface area contributed by atoms with Crippen molar-refractivity contribution in [1.82, 2.24) is 4.98 Å². The van der Waals surface area contributed by atoms with Crippen molar-refractivity contribution in [2.45, 2.75) is 18.7 Å². The minimum absolute atomic E-state index is 0.00316. The van der Waals surface area contributed by atoms with E-state index in [0.29, 0.717) is 5.75 Å². The first-order valence-electron chi connectivity index (χ1n) is 6.97. The molecule has 0 fully saturated rings. The van der Waals surface area contributed by atoms with Gasteiger partial charge in [0.15, 0.2) is 0 Å². The summed E-state index contributed by atoms with van der Waals surface area (Å²) in [5.74, 6) is 0.395. The number of nitrogens with zero attached hydrogens (tertiary/aromatic N) is 1. The summed E-state index contributed by atoms with van der Waals surface area (Å²) >= 11 is 3.22. The van der Waals surface area contributed by atoms with E-state index in [0.717, 1.165) is 21.1 Å². The Morgan fingerprint density at radius 1 is 1.18 bits per heavy atom. The number of carbonyl (C=O) groups is 1. The summed E-state index contributed by atoms with van der Waals surface area (Å²) in [4.78, 5) is 17.5. The fourth-order valence-corrected chi connectivity index (χ4v) is 3.63. The molecule has 3 aromatic rings. The standard InChI is InChI=1S/C17H16N2OS2/c1-11-3-5-13(6-4-11)19-17(20)10-21-14-7-8-16-15(9-14)18-12(2)22-16/h3-9H,10H2,1-2H3,(H,19,20). The Balaban J connectivity index is 1.60. The second kappa shape index (κ2) is 6.50. The Kier molecular flexibility index (Phi) is 4.45. The summed E-state index contributed by atoms with van der Waals surface area (Å²) in [6.45, 7) is 4.03. The van der Waals surface area contributed by atoms with E-state index in [2.05, 4.69) is 16.4 Å². The molecule has 112 valence electrons. The fourth-order valence-electron chi connectivity index (χ4n) is 2.10. The lowest BCUT2D eigenvalue weighted by Gasteiger charge is -2.05. The number of thioether (sulfide) groups is 1. The largest absolute Gasteiger partial charge is 0.325 e. The highest BCUT2D eigenvalue weighted by molar-refractivity contribution is 8.00. The molecular weight excluding hydrogens is 312 g/mol. The Morgan fingerprint density at radius 3 is 2.73 bits per heavy atom. The van der Waals surface area contributed by atoms with Crippen LogP contribution < -0.4 is 5.32 Å². The zero-order valence-electron chi connectivity index (χ0n) is 12.4. The zero-order valence-corrected chi connectivity index (χ0v) is 14.1. The molecule has 0 saturated carbocycles. The maximum Gasteiger partial charge on any atom is 0.234 e. The quantitative estimate of drug-likeness (QED) is 0.709. The Bertz CT molecular complexity index is 809. The van der Waals surface area contributed by atoms with Crippen molar-refractivity contribution in [3.05, 3.63) is 53.0 Å². The number of amides is 1. The fraction of sp³-hybridized carbons (Fsp3) is 0.176. The van der Waals surface area contributed by atoms with E-state index in [4.69, 9.17) is 0 Å². The van der Waals surface area contributed by atoms with Gasteiger partial charge in [0, 0.05) is 10.6 Å². The molecule has 5 heteroatoms. The maximum atomic E-state index is 12.0. The average molecular weight is 328 g/mol. The predicted molar refractivity (Wildman–Crippen MR) is 94.9 cm³/mol. The number of hydrogen-bond acceptors (Lipinski definition) is 4. The lowest BCUT2D eigenvalue weighted by atomic mass is 10.2. The minimum Gasteiger partial charge on any atom is -0.325 e. The number of benzene rings is 2. The SMILES string of the molecule is Cc1ccc(NC(=O)CSc2ccc3sc(C)nc3c2)cc1. The Labute approximate surface area is 137 Å². The highest BCUT2D eigenvalue weighted by atomic mass is 32.2. The molecule has 0 bridgehead atoms. The van der Waals surface area contributed by atoms with Crippen LogP contribution >= 0.6 is 23.1 Å². The molecule has 0 radical (unpaired) electrons. The molecule has 3 nitrogen and oxygen atoms in total. The topological polar surface area (TPSA) is 42.0 Å². The first-order valence-corrected chi connectivity index (χ1v) is 8.77. The van der Waals surface area contributed by atoms with E-state index in [1.807, 2.05) is 50.2 Å². The number of carbonyl (C=O) groups excluding carboxylic acids is 1. The van der Waals surface area contributed by atoms with Gasteiger partial charge >= 0.3 is 0 Å². The van der Waals surface area contributed by atoms with Crippen molar-refractivity contribution in [2.24, 2.45) is 0 Å². The molecule has 1 heterocycles. The van der Waals surface area contributed by atoms with Crippen LogP contribution in [0.2, 0.25) is 0 Å². The smallest absolute Gasteiger partial charge is 0.234 e. The summed E-state index contributed by atoms with van der Waals surface area (Å²) in [5, 5.41) is 3.97. The minimum atomic E-state index is 0.00316. The number of nitrogens with one attached hydrogen (secondary N) is 1. The van der Waals surface area contributed by atoms with Crippen molar-refractivity contribution in [2.75, 3.05) is 11.1 Å². The monoisotopic (exact) mass is 328 g/mol. The number of thiazole rings is 1. The predicted octanol–water partition coefficient (Wildman–Crippen LogP) is 4.64. The van der Waals surface area contributed by atoms with Crippen LogP contribution in [0.3, 0.4) is 0 Å². The lowest BCUT2D eigenvalue weighted by molar-refractivity contribution is -0.113. The molecular formula is C17H16N2OS2. The molecule has 1 aromatic heterocycles. The molecule has 0 unspecified atom stereocenters. The van der Waals surface area contributed by atoms with Crippen LogP contribution in [0.15, 0.2) is 47.4 Å². The van der Waals surface area contributed by atoms with Gasteiger partial charge in [0.2, 0.25) is 5.91 Å². The van der Waals surface area contributed by atoms with Crippen LogP contribution in [0.25, 0.3) is 10.2 Å². The van der Waals surface area contributed by atoms with Crippen LogP contribution in [0, 0.1) is 13.8 Å². The van der Waals surface area contributed by atoms with Crippen LogP contribution in [-0.2, 0) is 4.79 Å². The van der Waals surface area contributed by atoms with Crippen molar-refractivity contribution >= 4 is 44.9 Å². The number of fused-ring (bicyclic) bond motifs is 1. The highest BCUT2D eigenvalue weighted by Gasteiger charge is 2.06. The van der Waals surface area contributed by atoms with E-state index in [1.165, 1.54) is 22.0 Å². The average Bonchev–Trinajstić information content (AvgIpc) is 2.87. The zero-order chi connectivity index (χ0) is 15.5. The van der Waals surface area contributed by atoms with Crippen molar-refractivity contribution in [1.29, 1.82) is 0 Å². The van der Waals surface area contributed by atoms with Crippen LogP contribution in [0.4, 0.5) is 5.69 Å². The first-order chi connectivity index (χ1) is 10.6. The molecule has 0 spiro atoms. The third kappa shape index (κ3) is 3.67. The van der Waals surface area contributed by atoms with Crippen molar-refractivity contribution in [3.8, 4) is 0 Å². The molecule has 2 aromatic carbocycles. The summed E-state index contributed by atoms with van der Waals surface area (Å²) in [5.41, 5.74) is 3.02. The van der Waals surface area contributed by atoms with E-state index in [1.54, 1.807) is 11.3 Å². The van der Waals surface area contributed by atoms with Gasteiger partial charge in [0.25, 0.3) is 0 Å². The van der Waals surface area contributed by atoms with Gasteiger partial charge in [-0.15, -0.1) is 23.1 Å². The van der Waals surface area contributed by atoms with Gasteiger partial charge in [0.05, 0.1) is 21.0 Å². The maximum absolute atomic E-state index is 12.0. The first kappa shape index (κ1) is 15.1. The molecule has 0 aliphatic carbocycles. The number of rotatable bonds is 4. The Morgan fingerprint density at radius 2 is 1.95 bits per heavy atom. The van der Waals surface area contributed by atoms with Gasteiger partial charge in [-0.25, -0.2) is 4.98 Å². The lowest BCUT2D eigenvalue weighted by Crippen LogP contribution is -2.13. The van der Waals surface area contributed by atoms with Crippen LogP contribution in [-0.4, -0.2) is 16.6 Å².